The van der Waals surface area contributed by atoms with Crippen LogP contribution in [-0.4, -0.2) is 24.5 Å². The van der Waals surface area contributed by atoms with Crippen LogP contribution in [0.2, 0.25) is 0 Å². The van der Waals surface area contributed by atoms with Gasteiger partial charge in [-0.05, 0) is 93.0 Å². The van der Waals surface area contributed by atoms with Gasteiger partial charge in [-0.15, -0.1) is 11.3 Å². The summed E-state index contributed by atoms with van der Waals surface area (Å²) in [6.07, 6.45) is 0. The van der Waals surface area contributed by atoms with Crippen LogP contribution in [0.1, 0.15) is 27.8 Å². The summed E-state index contributed by atoms with van der Waals surface area (Å²) >= 11 is 1.69. The Kier molecular flexibility index (Phi) is 7.65. The molecular weight excluding hydrogens is 789 g/mol. The number of hydrogen-bond acceptors (Lipinski definition) is 6. The van der Waals surface area contributed by atoms with Crippen molar-refractivity contribution >= 4 is 32.5 Å². The summed E-state index contributed by atoms with van der Waals surface area (Å²) in [5, 5.41) is 13.6. The molecular formula is C56H32N6S. The highest BCUT2D eigenvalue weighted by molar-refractivity contribution is 7.17. The highest BCUT2D eigenvalue weighted by Crippen LogP contribution is 2.65. The van der Waals surface area contributed by atoms with Crippen molar-refractivity contribution in [2.45, 2.75) is 5.41 Å². The Balaban J connectivity index is 1.08. The van der Waals surface area contributed by atoms with E-state index >= 15 is 0 Å². The summed E-state index contributed by atoms with van der Waals surface area (Å²) < 4.78 is 3.39. The van der Waals surface area contributed by atoms with Crippen LogP contribution in [0.3, 0.4) is 0 Å². The van der Waals surface area contributed by atoms with E-state index < -0.39 is 5.41 Å². The number of thiophene rings is 1. The molecule has 3 aromatic heterocycles. The second kappa shape index (κ2) is 13.6. The number of nitriles is 1. The van der Waals surface area contributed by atoms with E-state index in [1.165, 1.54) is 27.8 Å². The van der Waals surface area contributed by atoms with Gasteiger partial charge in [-0.1, -0.05) is 140 Å². The molecule has 3 heterocycles. The van der Waals surface area contributed by atoms with Gasteiger partial charge in [0.15, 0.2) is 17.5 Å². The van der Waals surface area contributed by atoms with E-state index in [1.807, 2.05) is 78.9 Å². The Hall–Kier alpha value is -8.31. The Labute approximate surface area is 366 Å². The number of benzene rings is 8. The van der Waals surface area contributed by atoms with Crippen LogP contribution in [0.25, 0.3) is 94.6 Å². The summed E-state index contributed by atoms with van der Waals surface area (Å²) in [4.78, 5) is 20.7. The fraction of sp³-hybridized carbons (Fsp3) is 0.0179. The van der Waals surface area contributed by atoms with Gasteiger partial charge in [-0.2, -0.15) is 5.26 Å². The summed E-state index contributed by atoms with van der Waals surface area (Å²) in [6.45, 7) is 0. The lowest BCUT2D eigenvalue weighted by atomic mass is 9.70. The standard InChI is InChI=1S/C56H32N6S/c57-32-34-24-26-45-41(30-34)50-46(28-29-49-51(50)42(33-63-49)54-60-52(35-14-4-1-5-15-35)59-53(61-54)36-16-6-2-7-17-36)56(45)43-21-11-10-20-39(43)40-31-37(25-27-44(40)56)55-58-47-22-12-13-23-48(47)62(55)38-18-8-3-9-19-38/h1-31,33H. The van der Waals surface area contributed by atoms with Crippen LogP contribution in [0.15, 0.2) is 193 Å². The molecule has 2 aliphatic carbocycles. The van der Waals surface area contributed by atoms with Crippen molar-refractivity contribution < 1.29 is 0 Å². The van der Waals surface area contributed by atoms with Crippen molar-refractivity contribution in [2.75, 3.05) is 0 Å². The van der Waals surface area contributed by atoms with E-state index in [0.717, 1.165) is 71.6 Å². The summed E-state index contributed by atoms with van der Waals surface area (Å²) in [6, 6.07) is 68.0. The van der Waals surface area contributed by atoms with Crippen molar-refractivity contribution in [2.24, 2.45) is 0 Å². The molecule has 1 atom stereocenters. The zero-order chi connectivity index (χ0) is 41.6. The third-order valence-electron chi connectivity index (χ3n) is 12.8. The lowest BCUT2D eigenvalue weighted by Gasteiger charge is -2.30. The average molecular weight is 821 g/mol. The van der Waals surface area contributed by atoms with Crippen molar-refractivity contribution in [3.05, 3.63) is 221 Å². The van der Waals surface area contributed by atoms with E-state index in [2.05, 4.69) is 125 Å². The first kappa shape index (κ1) is 35.4. The molecule has 0 radical (unpaired) electrons. The third kappa shape index (κ3) is 5.10. The third-order valence-corrected chi connectivity index (χ3v) is 13.7. The molecule has 0 amide bonds. The van der Waals surface area contributed by atoms with Gasteiger partial charge >= 0.3 is 0 Å². The first-order valence-corrected chi connectivity index (χ1v) is 21.8. The summed E-state index contributed by atoms with van der Waals surface area (Å²) in [5.41, 5.74) is 16.1. The second-order valence-electron chi connectivity index (χ2n) is 16.1. The number of hydrogen-bond donors (Lipinski definition) is 0. The van der Waals surface area contributed by atoms with Gasteiger partial charge in [0.1, 0.15) is 5.82 Å². The fourth-order valence-electron chi connectivity index (χ4n) is 10.2. The zero-order valence-electron chi connectivity index (χ0n) is 33.6. The molecule has 0 fully saturated rings. The van der Waals surface area contributed by atoms with Crippen molar-refractivity contribution in [1.29, 1.82) is 5.26 Å². The molecule has 0 bridgehead atoms. The molecule has 2 aliphatic rings. The topological polar surface area (TPSA) is 80.3 Å². The highest BCUT2D eigenvalue weighted by atomic mass is 32.1. The minimum Gasteiger partial charge on any atom is -0.292 e. The quantitative estimate of drug-likeness (QED) is 0.173. The predicted molar refractivity (Wildman–Crippen MR) is 253 cm³/mol. The largest absolute Gasteiger partial charge is 0.292 e. The normalized spacial score (nSPS) is 14.4. The van der Waals surface area contributed by atoms with Gasteiger partial charge in [-0.3, -0.25) is 4.57 Å². The molecule has 1 unspecified atom stereocenters. The van der Waals surface area contributed by atoms with Gasteiger partial charge in [0.25, 0.3) is 0 Å². The Morgan fingerprint density at radius 3 is 1.86 bits per heavy atom. The van der Waals surface area contributed by atoms with Gasteiger partial charge < -0.3 is 0 Å². The second-order valence-corrected chi connectivity index (χ2v) is 17.0. The Morgan fingerprint density at radius 2 is 1.10 bits per heavy atom. The number of aromatic nitrogens is 5. The minimum absolute atomic E-state index is 0.611. The SMILES string of the molecule is N#Cc1ccc2c(c1)-c1c(ccc3scc(-c4nc(-c5ccccc5)nc(-c5ccccc5)n4)c13)C21c2ccccc2-c2cc(-c3nc4ccccc4n3-c3ccccc3)ccc21. The molecule has 11 aromatic rings. The molecule has 0 saturated heterocycles. The molecule has 1 spiro atoms. The van der Waals surface area contributed by atoms with Crippen LogP contribution in [-0.2, 0) is 5.41 Å². The molecule has 6 nitrogen and oxygen atoms in total. The maximum absolute atomic E-state index is 10.4. The number of nitrogens with zero attached hydrogens (tertiary/aromatic N) is 6. The maximum Gasteiger partial charge on any atom is 0.165 e. The predicted octanol–water partition coefficient (Wildman–Crippen LogP) is 13.3. The number of imidazole rings is 1. The maximum atomic E-state index is 10.4. The van der Waals surface area contributed by atoms with Gasteiger partial charge in [0, 0.05) is 43.4 Å². The molecule has 7 heteroatoms. The van der Waals surface area contributed by atoms with Gasteiger partial charge in [0.2, 0.25) is 0 Å². The summed E-state index contributed by atoms with van der Waals surface area (Å²) in [7, 11) is 0. The molecule has 292 valence electrons. The van der Waals surface area contributed by atoms with E-state index in [1.54, 1.807) is 11.3 Å². The highest BCUT2D eigenvalue weighted by Gasteiger charge is 2.52. The number of fused-ring (bicyclic) bond motifs is 13. The van der Waals surface area contributed by atoms with Crippen molar-refractivity contribution in [3.8, 4) is 79.6 Å². The molecule has 0 N–H and O–H groups in total. The number of para-hydroxylation sites is 3. The monoisotopic (exact) mass is 820 g/mol. The lowest BCUT2D eigenvalue weighted by molar-refractivity contribution is 0.794. The van der Waals surface area contributed by atoms with Crippen molar-refractivity contribution in [1.82, 2.24) is 24.5 Å². The van der Waals surface area contributed by atoms with Crippen LogP contribution >= 0.6 is 11.3 Å². The molecule has 0 aliphatic heterocycles. The zero-order valence-corrected chi connectivity index (χ0v) is 34.4. The van der Waals surface area contributed by atoms with Crippen molar-refractivity contribution in [3.63, 3.8) is 0 Å². The van der Waals surface area contributed by atoms with E-state index in [0.29, 0.717) is 23.0 Å². The van der Waals surface area contributed by atoms with Gasteiger partial charge in [-0.25, -0.2) is 19.9 Å². The minimum atomic E-state index is -0.653. The van der Waals surface area contributed by atoms with Crippen LogP contribution in [0.5, 0.6) is 0 Å². The Bertz CT molecular complexity index is 3640. The van der Waals surface area contributed by atoms with E-state index in [4.69, 9.17) is 19.9 Å². The molecule has 8 aromatic carbocycles. The number of rotatable bonds is 5. The van der Waals surface area contributed by atoms with E-state index in [-0.39, 0.29) is 0 Å². The van der Waals surface area contributed by atoms with Gasteiger partial charge in [0.05, 0.1) is 28.1 Å². The van der Waals surface area contributed by atoms with Crippen LogP contribution in [0, 0.1) is 11.3 Å². The van der Waals surface area contributed by atoms with Crippen LogP contribution in [0.4, 0.5) is 0 Å². The van der Waals surface area contributed by atoms with Crippen LogP contribution < -0.4 is 0 Å². The molecule has 63 heavy (non-hydrogen) atoms. The van der Waals surface area contributed by atoms with E-state index in [9.17, 15) is 5.26 Å². The molecule has 13 rings (SSSR count). The summed E-state index contributed by atoms with van der Waals surface area (Å²) in [5.74, 6) is 2.73. The first-order chi connectivity index (χ1) is 31.2. The molecule has 0 saturated carbocycles. The fourth-order valence-corrected chi connectivity index (χ4v) is 11.1. The Morgan fingerprint density at radius 1 is 0.476 bits per heavy atom. The first-order valence-electron chi connectivity index (χ1n) is 20.9. The lowest BCUT2D eigenvalue weighted by Crippen LogP contribution is -2.25. The average Bonchev–Trinajstić information content (AvgIpc) is 4.11. The smallest absolute Gasteiger partial charge is 0.165 e.